The summed E-state index contributed by atoms with van der Waals surface area (Å²) in [6.45, 7) is 0. The lowest BCUT2D eigenvalue weighted by Crippen LogP contribution is -2.10. The average Bonchev–Trinajstić information content (AvgIpc) is 2.45. The summed E-state index contributed by atoms with van der Waals surface area (Å²) in [5, 5.41) is 0. The number of carbonyl (C=O) groups is 1. The minimum atomic E-state index is -3.33. The second kappa shape index (κ2) is 5.97. The van der Waals surface area contributed by atoms with Gasteiger partial charge in [0, 0.05) is 11.3 Å². The molecule has 0 fully saturated rings. The van der Waals surface area contributed by atoms with E-state index in [9.17, 15) is 13.2 Å². The van der Waals surface area contributed by atoms with Gasteiger partial charge in [-0.3, -0.25) is 9.52 Å². The summed E-state index contributed by atoms with van der Waals surface area (Å²) >= 11 is 0. The first-order valence-electron chi connectivity index (χ1n) is 6.16. The van der Waals surface area contributed by atoms with Crippen LogP contribution < -0.4 is 9.46 Å². The standard InChI is InChI=1S/C15H15NO4S/c1-20-14-6-4-3-5-13(14)15(17)11-7-9-12(10-8-11)16-21(2,18)19/h3-10,16H,1-2H3. The van der Waals surface area contributed by atoms with Crippen LogP contribution in [0.4, 0.5) is 5.69 Å². The van der Waals surface area contributed by atoms with Gasteiger partial charge in [-0.2, -0.15) is 0 Å². The van der Waals surface area contributed by atoms with Crippen LogP contribution in [0.2, 0.25) is 0 Å². The minimum Gasteiger partial charge on any atom is -0.496 e. The van der Waals surface area contributed by atoms with Crippen molar-refractivity contribution in [3.8, 4) is 5.75 Å². The molecular weight excluding hydrogens is 290 g/mol. The zero-order valence-corrected chi connectivity index (χ0v) is 12.5. The molecule has 0 aliphatic rings. The highest BCUT2D eigenvalue weighted by Crippen LogP contribution is 2.22. The van der Waals surface area contributed by atoms with Crippen LogP contribution in [-0.2, 0) is 10.0 Å². The number of sulfonamides is 1. The van der Waals surface area contributed by atoms with E-state index < -0.39 is 10.0 Å². The van der Waals surface area contributed by atoms with Gasteiger partial charge in [0.15, 0.2) is 5.78 Å². The van der Waals surface area contributed by atoms with E-state index >= 15 is 0 Å². The van der Waals surface area contributed by atoms with Crippen LogP contribution in [0.5, 0.6) is 5.75 Å². The zero-order chi connectivity index (χ0) is 15.5. The third kappa shape index (κ3) is 3.82. The van der Waals surface area contributed by atoms with E-state index in [1.54, 1.807) is 48.5 Å². The molecule has 0 saturated heterocycles. The van der Waals surface area contributed by atoms with E-state index in [0.717, 1.165) is 6.26 Å². The molecule has 1 N–H and O–H groups in total. The SMILES string of the molecule is COc1ccccc1C(=O)c1ccc(NS(C)(=O)=O)cc1. The normalized spacial score (nSPS) is 11.0. The number of nitrogens with one attached hydrogen (secondary N) is 1. The van der Waals surface area contributed by atoms with Gasteiger partial charge >= 0.3 is 0 Å². The number of hydrogen-bond donors (Lipinski definition) is 1. The molecule has 6 heteroatoms. The fourth-order valence-electron chi connectivity index (χ4n) is 1.89. The number of benzene rings is 2. The van der Waals surface area contributed by atoms with E-state index in [4.69, 9.17) is 4.74 Å². The van der Waals surface area contributed by atoms with Gasteiger partial charge in [0.2, 0.25) is 10.0 Å². The van der Waals surface area contributed by atoms with Gasteiger partial charge in [-0.05, 0) is 36.4 Å². The number of ketones is 1. The Morgan fingerprint density at radius 1 is 1.05 bits per heavy atom. The number of rotatable bonds is 5. The maximum Gasteiger partial charge on any atom is 0.229 e. The molecular formula is C15H15NO4S. The Labute approximate surface area is 123 Å². The highest BCUT2D eigenvalue weighted by molar-refractivity contribution is 7.92. The van der Waals surface area contributed by atoms with Gasteiger partial charge in [-0.15, -0.1) is 0 Å². The van der Waals surface area contributed by atoms with Crippen molar-refractivity contribution in [2.45, 2.75) is 0 Å². The van der Waals surface area contributed by atoms with E-state index in [-0.39, 0.29) is 5.78 Å². The molecule has 2 rings (SSSR count). The number of hydrogen-bond acceptors (Lipinski definition) is 4. The number of carbonyl (C=O) groups excluding carboxylic acids is 1. The van der Waals surface area contributed by atoms with Gasteiger partial charge in [0.05, 0.1) is 18.9 Å². The topological polar surface area (TPSA) is 72.5 Å². The van der Waals surface area contributed by atoms with E-state index in [0.29, 0.717) is 22.6 Å². The lowest BCUT2D eigenvalue weighted by atomic mass is 10.0. The molecule has 0 atom stereocenters. The quantitative estimate of drug-likeness (QED) is 0.860. The van der Waals surface area contributed by atoms with Crippen molar-refractivity contribution in [3.05, 3.63) is 59.7 Å². The molecule has 0 aliphatic heterocycles. The number of methoxy groups -OCH3 is 1. The minimum absolute atomic E-state index is 0.182. The van der Waals surface area contributed by atoms with Crippen molar-refractivity contribution in [1.29, 1.82) is 0 Å². The first-order valence-corrected chi connectivity index (χ1v) is 8.05. The molecule has 21 heavy (non-hydrogen) atoms. The Hall–Kier alpha value is -2.34. The molecule has 0 aromatic heterocycles. The fraction of sp³-hybridized carbons (Fsp3) is 0.133. The highest BCUT2D eigenvalue weighted by Gasteiger charge is 2.14. The summed E-state index contributed by atoms with van der Waals surface area (Å²) in [5.74, 6) is 0.319. The van der Waals surface area contributed by atoms with Gasteiger partial charge < -0.3 is 4.74 Å². The maximum absolute atomic E-state index is 12.4. The lowest BCUT2D eigenvalue weighted by molar-refractivity contribution is 0.103. The Bertz CT molecular complexity index is 751. The van der Waals surface area contributed by atoms with E-state index in [2.05, 4.69) is 4.72 Å². The molecule has 2 aromatic rings. The largest absolute Gasteiger partial charge is 0.496 e. The summed E-state index contributed by atoms with van der Waals surface area (Å²) in [4.78, 5) is 12.4. The maximum atomic E-state index is 12.4. The molecule has 0 spiro atoms. The molecule has 5 nitrogen and oxygen atoms in total. The summed E-state index contributed by atoms with van der Waals surface area (Å²) in [6.07, 6.45) is 1.07. The first kappa shape index (κ1) is 15.1. The fourth-order valence-corrected chi connectivity index (χ4v) is 2.46. The van der Waals surface area contributed by atoms with Gasteiger partial charge in [-0.25, -0.2) is 8.42 Å². The van der Waals surface area contributed by atoms with Crippen molar-refractivity contribution < 1.29 is 17.9 Å². The van der Waals surface area contributed by atoms with Crippen LogP contribution in [-0.4, -0.2) is 27.6 Å². The Morgan fingerprint density at radius 2 is 1.67 bits per heavy atom. The number of ether oxygens (including phenoxy) is 1. The van der Waals surface area contributed by atoms with Crippen molar-refractivity contribution >= 4 is 21.5 Å². The van der Waals surface area contributed by atoms with Crippen LogP contribution >= 0.6 is 0 Å². The van der Waals surface area contributed by atoms with Crippen molar-refractivity contribution in [2.24, 2.45) is 0 Å². The summed E-state index contributed by atoms with van der Waals surface area (Å²) in [5.41, 5.74) is 1.33. The molecule has 0 bridgehead atoms. The highest BCUT2D eigenvalue weighted by atomic mass is 32.2. The third-order valence-corrected chi connectivity index (χ3v) is 3.41. The van der Waals surface area contributed by atoms with Crippen LogP contribution in [0.1, 0.15) is 15.9 Å². The van der Waals surface area contributed by atoms with Gasteiger partial charge in [-0.1, -0.05) is 12.1 Å². The van der Waals surface area contributed by atoms with E-state index in [1.165, 1.54) is 7.11 Å². The van der Waals surface area contributed by atoms with Crippen LogP contribution in [0.15, 0.2) is 48.5 Å². The summed E-state index contributed by atoms with van der Waals surface area (Å²) in [7, 11) is -1.82. The number of para-hydroxylation sites is 1. The summed E-state index contributed by atoms with van der Waals surface area (Å²) < 4.78 is 29.8. The average molecular weight is 305 g/mol. The molecule has 0 heterocycles. The molecule has 0 radical (unpaired) electrons. The smallest absolute Gasteiger partial charge is 0.229 e. The Balaban J connectivity index is 2.28. The zero-order valence-electron chi connectivity index (χ0n) is 11.7. The van der Waals surface area contributed by atoms with Gasteiger partial charge in [0.25, 0.3) is 0 Å². The second-order valence-electron chi connectivity index (χ2n) is 4.48. The number of anilines is 1. The molecule has 0 aliphatic carbocycles. The second-order valence-corrected chi connectivity index (χ2v) is 6.23. The van der Waals surface area contributed by atoms with Crippen molar-refractivity contribution in [3.63, 3.8) is 0 Å². The van der Waals surface area contributed by atoms with Crippen LogP contribution in [0, 0.1) is 0 Å². The van der Waals surface area contributed by atoms with Crippen molar-refractivity contribution in [1.82, 2.24) is 0 Å². The first-order chi connectivity index (χ1) is 9.90. The monoisotopic (exact) mass is 305 g/mol. The lowest BCUT2D eigenvalue weighted by Gasteiger charge is -2.08. The van der Waals surface area contributed by atoms with Crippen molar-refractivity contribution in [2.75, 3.05) is 18.1 Å². The molecule has 0 amide bonds. The predicted octanol–water partition coefficient (Wildman–Crippen LogP) is 2.30. The molecule has 110 valence electrons. The molecule has 0 saturated carbocycles. The summed E-state index contributed by atoms with van der Waals surface area (Å²) in [6, 6.07) is 13.2. The van der Waals surface area contributed by atoms with Crippen LogP contribution in [0.25, 0.3) is 0 Å². The van der Waals surface area contributed by atoms with Gasteiger partial charge in [0.1, 0.15) is 5.75 Å². The Morgan fingerprint density at radius 3 is 2.24 bits per heavy atom. The Kier molecular flexibility index (Phi) is 4.28. The molecule has 2 aromatic carbocycles. The van der Waals surface area contributed by atoms with Crippen LogP contribution in [0.3, 0.4) is 0 Å². The molecule has 0 unspecified atom stereocenters. The third-order valence-electron chi connectivity index (χ3n) is 2.80. The predicted molar refractivity (Wildman–Crippen MR) is 81.3 cm³/mol. The van der Waals surface area contributed by atoms with E-state index in [1.807, 2.05) is 0 Å².